The molecule has 2 aliphatic heterocycles. The summed E-state index contributed by atoms with van der Waals surface area (Å²) in [5.74, 6) is -1.92. The van der Waals surface area contributed by atoms with Gasteiger partial charge in [-0.15, -0.1) is 0 Å². The quantitative estimate of drug-likeness (QED) is 0.800. The number of fused-ring (bicyclic) bond motifs is 1. The van der Waals surface area contributed by atoms with Crippen molar-refractivity contribution in [2.24, 2.45) is 0 Å². The second-order valence-electron chi connectivity index (χ2n) is 5.62. The highest BCUT2D eigenvalue weighted by molar-refractivity contribution is 6.21. The predicted octanol–water partition coefficient (Wildman–Crippen LogP) is 1.82. The molecule has 3 amide bonds. The van der Waals surface area contributed by atoms with E-state index in [2.05, 4.69) is 0 Å². The highest BCUT2D eigenvalue weighted by atomic mass is 19.1. The van der Waals surface area contributed by atoms with E-state index in [1.54, 1.807) is 4.90 Å². The third-order valence-corrected chi connectivity index (χ3v) is 4.21. The summed E-state index contributed by atoms with van der Waals surface area (Å²) < 4.78 is 13.7. The molecule has 1 saturated heterocycles. The number of imide groups is 1. The second-order valence-corrected chi connectivity index (χ2v) is 5.62. The van der Waals surface area contributed by atoms with Gasteiger partial charge in [0.15, 0.2) is 0 Å². The van der Waals surface area contributed by atoms with Gasteiger partial charge in [0.2, 0.25) is 5.91 Å². The molecule has 1 fully saturated rings. The van der Waals surface area contributed by atoms with Gasteiger partial charge in [-0.2, -0.15) is 0 Å². The first-order chi connectivity index (χ1) is 10.6. The van der Waals surface area contributed by atoms with Gasteiger partial charge in [0.25, 0.3) is 11.8 Å². The van der Waals surface area contributed by atoms with Gasteiger partial charge in [0, 0.05) is 26.1 Å². The van der Waals surface area contributed by atoms with Gasteiger partial charge in [-0.1, -0.05) is 6.07 Å². The molecule has 116 valence electrons. The molecule has 1 aromatic rings. The van der Waals surface area contributed by atoms with Crippen molar-refractivity contribution in [2.75, 3.05) is 19.6 Å². The SMILES string of the molecule is O=C(CCN1C(=O)c2cccc(F)c2C1=O)N1CCCCC1. The number of piperidine rings is 1. The van der Waals surface area contributed by atoms with Gasteiger partial charge in [-0.3, -0.25) is 19.3 Å². The highest BCUT2D eigenvalue weighted by Gasteiger charge is 2.37. The van der Waals surface area contributed by atoms with Gasteiger partial charge in [-0.05, 0) is 31.4 Å². The molecule has 0 saturated carbocycles. The van der Waals surface area contributed by atoms with E-state index >= 15 is 0 Å². The fourth-order valence-electron chi connectivity index (χ4n) is 3.00. The van der Waals surface area contributed by atoms with Crippen LogP contribution in [-0.2, 0) is 4.79 Å². The average molecular weight is 304 g/mol. The van der Waals surface area contributed by atoms with E-state index in [4.69, 9.17) is 0 Å². The summed E-state index contributed by atoms with van der Waals surface area (Å²) >= 11 is 0. The molecule has 0 aliphatic carbocycles. The Morgan fingerprint density at radius 1 is 1.09 bits per heavy atom. The number of hydrogen-bond acceptors (Lipinski definition) is 3. The summed E-state index contributed by atoms with van der Waals surface area (Å²) in [6.45, 7) is 1.46. The van der Waals surface area contributed by atoms with Gasteiger partial charge in [-0.25, -0.2) is 4.39 Å². The highest BCUT2D eigenvalue weighted by Crippen LogP contribution is 2.25. The standard InChI is InChI=1S/C16H17FN2O3/c17-12-6-4-5-11-14(12)16(22)19(15(11)21)10-7-13(20)18-8-2-1-3-9-18/h4-6H,1-3,7-10H2. The number of rotatable bonds is 3. The van der Waals surface area contributed by atoms with Gasteiger partial charge >= 0.3 is 0 Å². The molecule has 0 spiro atoms. The fourth-order valence-corrected chi connectivity index (χ4v) is 3.00. The van der Waals surface area contributed by atoms with E-state index in [9.17, 15) is 18.8 Å². The maximum Gasteiger partial charge on any atom is 0.264 e. The first-order valence-corrected chi connectivity index (χ1v) is 7.52. The molecule has 6 heteroatoms. The summed E-state index contributed by atoms with van der Waals surface area (Å²) in [6.07, 6.45) is 3.20. The van der Waals surface area contributed by atoms with Crippen molar-refractivity contribution in [3.05, 3.63) is 35.1 Å². The third-order valence-electron chi connectivity index (χ3n) is 4.21. The number of carbonyl (C=O) groups is 3. The molecule has 22 heavy (non-hydrogen) atoms. The van der Waals surface area contributed by atoms with E-state index in [-0.39, 0.29) is 30.0 Å². The van der Waals surface area contributed by atoms with Gasteiger partial charge in [0.1, 0.15) is 5.82 Å². The molecule has 0 unspecified atom stereocenters. The Hall–Kier alpha value is -2.24. The third kappa shape index (κ3) is 2.49. The smallest absolute Gasteiger partial charge is 0.264 e. The zero-order valence-electron chi connectivity index (χ0n) is 12.2. The Morgan fingerprint density at radius 3 is 2.50 bits per heavy atom. The van der Waals surface area contributed by atoms with E-state index < -0.39 is 17.6 Å². The lowest BCUT2D eigenvalue weighted by molar-refractivity contribution is -0.132. The van der Waals surface area contributed by atoms with Crippen LogP contribution in [0.5, 0.6) is 0 Å². The number of nitrogens with zero attached hydrogens (tertiary/aromatic N) is 2. The Kier molecular flexibility index (Phi) is 3.92. The lowest BCUT2D eigenvalue weighted by Gasteiger charge is -2.27. The van der Waals surface area contributed by atoms with Crippen molar-refractivity contribution >= 4 is 17.7 Å². The Morgan fingerprint density at radius 2 is 1.82 bits per heavy atom. The maximum absolute atomic E-state index is 13.7. The van der Waals surface area contributed by atoms with Crippen molar-refractivity contribution in [3.63, 3.8) is 0 Å². The minimum absolute atomic E-state index is 0.00111. The summed E-state index contributed by atoms with van der Waals surface area (Å²) in [7, 11) is 0. The fraction of sp³-hybridized carbons (Fsp3) is 0.438. The molecular formula is C16H17FN2O3. The zero-order chi connectivity index (χ0) is 15.7. The predicted molar refractivity (Wildman–Crippen MR) is 76.8 cm³/mol. The van der Waals surface area contributed by atoms with E-state index in [1.165, 1.54) is 12.1 Å². The van der Waals surface area contributed by atoms with Gasteiger partial charge in [0.05, 0.1) is 11.1 Å². The number of likely N-dealkylation sites (tertiary alicyclic amines) is 1. The summed E-state index contributed by atoms with van der Waals surface area (Å²) in [5.41, 5.74) is -0.103. The molecule has 0 bridgehead atoms. The molecule has 0 N–H and O–H groups in total. The second kappa shape index (κ2) is 5.87. The summed E-state index contributed by atoms with van der Waals surface area (Å²) in [4.78, 5) is 39.2. The Bertz CT molecular complexity index is 638. The minimum Gasteiger partial charge on any atom is -0.343 e. The number of carbonyl (C=O) groups excluding carboxylic acids is 3. The maximum atomic E-state index is 13.7. The van der Waals surface area contributed by atoms with Crippen molar-refractivity contribution in [1.82, 2.24) is 9.80 Å². The number of amides is 3. The molecule has 0 atom stereocenters. The minimum atomic E-state index is -0.694. The van der Waals surface area contributed by atoms with Crippen LogP contribution in [-0.4, -0.2) is 47.2 Å². The van der Waals surface area contributed by atoms with Crippen LogP contribution in [0.3, 0.4) is 0 Å². The molecule has 2 heterocycles. The Labute approximate surface area is 127 Å². The largest absolute Gasteiger partial charge is 0.343 e. The zero-order valence-corrected chi connectivity index (χ0v) is 12.2. The van der Waals surface area contributed by atoms with Crippen LogP contribution in [0.4, 0.5) is 4.39 Å². The Balaban J connectivity index is 1.67. The van der Waals surface area contributed by atoms with E-state index in [0.29, 0.717) is 0 Å². The van der Waals surface area contributed by atoms with Crippen LogP contribution in [0.25, 0.3) is 0 Å². The van der Waals surface area contributed by atoms with Crippen LogP contribution in [0, 0.1) is 5.82 Å². The van der Waals surface area contributed by atoms with Crippen LogP contribution in [0.1, 0.15) is 46.4 Å². The van der Waals surface area contributed by atoms with E-state index in [1.807, 2.05) is 0 Å². The number of halogens is 1. The van der Waals surface area contributed by atoms with E-state index in [0.717, 1.165) is 43.3 Å². The summed E-state index contributed by atoms with van der Waals surface area (Å²) in [6, 6.07) is 4.00. The number of benzene rings is 1. The van der Waals surface area contributed by atoms with Crippen molar-refractivity contribution in [3.8, 4) is 0 Å². The van der Waals surface area contributed by atoms with Crippen LogP contribution in [0.15, 0.2) is 18.2 Å². The molecule has 0 aromatic heterocycles. The number of hydrogen-bond donors (Lipinski definition) is 0. The normalized spacial score (nSPS) is 17.9. The molecule has 1 aromatic carbocycles. The summed E-state index contributed by atoms with van der Waals surface area (Å²) in [5, 5.41) is 0. The topological polar surface area (TPSA) is 57.7 Å². The van der Waals surface area contributed by atoms with Gasteiger partial charge < -0.3 is 4.90 Å². The lowest BCUT2D eigenvalue weighted by atomic mass is 10.1. The molecular weight excluding hydrogens is 287 g/mol. The van der Waals surface area contributed by atoms with Crippen LogP contribution in [0.2, 0.25) is 0 Å². The van der Waals surface area contributed by atoms with Crippen molar-refractivity contribution in [1.29, 1.82) is 0 Å². The first kappa shape index (κ1) is 14.7. The lowest BCUT2D eigenvalue weighted by Crippen LogP contribution is -2.39. The molecule has 5 nitrogen and oxygen atoms in total. The molecule has 0 radical (unpaired) electrons. The van der Waals surface area contributed by atoms with Crippen molar-refractivity contribution < 1.29 is 18.8 Å². The molecule has 2 aliphatic rings. The first-order valence-electron chi connectivity index (χ1n) is 7.52. The molecule has 3 rings (SSSR count). The van der Waals surface area contributed by atoms with Crippen LogP contribution >= 0.6 is 0 Å². The average Bonchev–Trinajstić information content (AvgIpc) is 2.78. The van der Waals surface area contributed by atoms with Crippen molar-refractivity contribution in [2.45, 2.75) is 25.7 Å². The van der Waals surface area contributed by atoms with Crippen LogP contribution < -0.4 is 0 Å². The monoisotopic (exact) mass is 304 g/mol.